The zero-order valence-electron chi connectivity index (χ0n) is 14.6. The Hall–Kier alpha value is -3.06. The third-order valence-corrected chi connectivity index (χ3v) is 3.51. The number of rotatable bonds is 7. The Morgan fingerprint density at radius 2 is 1.63 bits per heavy atom. The van der Waals surface area contributed by atoms with Gasteiger partial charge in [0.25, 0.3) is 5.91 Å². The summed E-state index contributed by atoms with van der Waals surface area (Å²) in [7, 11) is 0. The van der Waals surface area contributed by atoms with Gasteiger partial charge in [-0.25, -0.2) is 9.59 Å². The predicted octanol–water partition coefficient (Wildman–Crippen LogP) is 3.35. The van der Waals surface area contributed by atoms with Crippen LogP contribution in [0.1, 0.15) is 22.8 Å². The summed E-state index contributed by atoms with van der Waals surface area (Å²) in [4.78, 5) is 34.4. The van der Waals surface area contributed by atoms with Crippen molar-refractivity contribution in [3.05, 3.63) is 64.7 Å². The summed E-state index contributed by atoms with van der Waals surface area (Å²) in [6.45, 7) is 1.47. The van der Waals surface area contributed by atoms with E-state index in [1.54, 1.807) is 55.5 Å². The zero-order chi connectivity index (χ0) is 19.6. The number of esters is 1. The average molecular weight is 392 g/mol. The van der Waals surface area contributed by atoms with Gasteiger partial charge in [-0.2, -0.15) is 0 Å². The highest BCUT2D eigenvalue weighted by Gasteiger charge is 2.13. The van der Waals surface area contributed by atoms with E-state index >= 15 is 0 Å². The van der Waals surface area contributed by atoms with Crippen molar-refractivity contribution in [3.63, 3.8) is 0 Å². The molecule has 0 bridgehead atoms. The standard InChI is InChI=1S/C19H18ClNO6/c1-2-25-19(24)21-17(22)12-27-18(23)14-5-3-13(4-6-14)11-26-16-9-7-15(20)8-10-16/h3-10H,2,11-12H2,1H3,(H,21,22,24). The second-order valence-electron chi connectivity index (χ2n) is 5.28. The molecule has 2 aromatic carbocycles. The minimum Gasteiger partial charge on any atom is -0.489 e. The SMILES string of the molecule is CCOC(=O)NC(=O)COC(=O)c1ccc(COc2ccc(Cl)cc2)cc1. The lowest BCUT2D eigenvalue weighted by molar-refractivity contribution is -0.123. The number of carbonyl (C=O) groups excluding carboxylic acids is 3. The van der Waals surface area contributed by atoms with Gasteiger partial charge in [-0.3, -0.25) is 10.1 Å². The molecule has 1 N–H and O–H groups in total. The van der Waals surface area contributed by atoms with Crippen LogP contribution in [0.5, 0.6) is 5.75 Å². The van der Waals surface area contributed by atoms with E-state index < -0.39 is 24.6 Å². The maximum Gasteiger partial charge on any atom is 0.413 e. The molecule has 0 aromatic heterocycles. The monoisotopic (exact) mass is 391 g/mol. The van der Waals surface area contributed by atoms with Crippen LogP contribution in [0.2, 0.25) is 5.02 Å². The summed E-state index contributed by atoms with van der Waals surface area (Å²) in [6, 6.07) is 13.5. The molecule has 0 fully saturated rings. The molecule has 0 atom stereocenters. The van der Waals surface area contributed by atoms with E-state index in [0.717, 1.165) is 5.56 Å². The molecule has 2 aromatic rings. The highest BCUT2D eigenvalue weighted by molar-refractivity contribution is 6.30. The lowest BCUT2D eigenvalue weighted by Gasteiger charge is -2.08. The highest BCUT2D eigenvalue weighted by atomic mass is 35.5. The molecular weight excluding hydrogens is 374 g/mol. The maximum absolute atomic E-state index is 11.9. The number of imide groups is 1. The first-order valence-corrected chi connectivity index (χ1v) is 8.46. The lowest BCUT2D eigenvalue weighted by Crippen LogP contribution is -2.34. The van der Waals surface area contributed by atoms with Gasteiger partial charge in [-0.15, -0.1) is 0 Å². The quantitative estimate of drug-likeness (QED) is 0.728. The van der Waals surface area contributed by atoms with Crippen molar-refractivity contribution >= 4 is 29.6 Å². The molecule has 0 saturated heterocycles. The fourth-order valence-electron chi connectivity index (χ4n) is 1.97. The van der Waals surface area contributed by atoms with Gasteiger partial charge in [0.05, 0.1) is 12.2 Å². The summed E-state index contributed by atoms with van der Waals surface area (Å²) in [6.07, 6.45) is -0.886. The molecule has 0 heterocycles. The number of halogens is 1. The minimum atomic E-state index is -0.886. The summed E-state index contributed by atoms with van der Waals surface area (Å²) in [5.41, 5.74) is 1.12. The summed E-state index contributed by atoms with van der Waals surface area (Å²) in [5, 5.41) is 2.56. The van der Waals surface area contributed by atoms with Crippen LogP contribution in [0.3, 0.4) is 0 Å². The molecular formula is C19H18ClNO6. The zero-order valence-corrected chi connectivity index (χ0v) is 15.3. The van der Waals surface area contributed by atoms with Crippen molar-refractivity contribution < 1.29 is 28.6 Å². The van der Waals surface area contributed by atoms with Crippen LogP contribution in [0.25, 0.3) is 0 Å². The number of benzene rings is 2. The Balaban J connectivity index is 1.79. The third-order valence-electron chi connectivity index (χ3n) is 3.26. The molecule has 142 valence electrons. The molecule has 0 saturated carbocycles. The van der Waals surface area contributed by atoms with Crippen LogP contribution in [0.4, 0.5) is 4.79 Å². The van der Waals surface area contributed by atoms with Gasteiger partial charge in [0.15, 0.2) is 6.61 Å². The smallest absolute Gasteiger partial charge is 0.413 e. The normalized spacial score (nSPS) is 10.0. The van der Waals surface area contributed by atoms with Crippen LogP contribution in [-0.2, 0) is 20.9 Å². The molecule has 8 heteroatoms. The average Bonchev–Trinajstić information content (AvgIpc) is 2.66. The number of ether oxygens (including phenoxy) is 3. The van der Waals surface area contributed by atoms with Crippen molar-refractivity contribution in [2.45, 2.75) is 13.5 Å². The van der Waals surface area contributed by atoms with Gasteiger partial charge >= 0.3 is 12.1 Å². The fraction of sp³-hybridized carbons (Fsp3) is 0.211. The fourth-order valence-corrected chi connectivity index (χ4v) is 2.09. The van der Waals surface area contributed by atoms with Crippen LogP contribution in [0, 0.1) is 0 Å². The minimum absolute atomic E-state index is 0.132. The highest BCUT2D eigenvalue weighted by Crippen LogP contribution is 2.17. The van der Waals surface area contributed by atoms with E-state index in [0.29, 0.717) is 17.4 Å². The van der Waals surface area contributed by atoms with Crippen LogP contribution >= 0.6 is 11.6 Å². The Morgan fingerprint density at radius 1 is 0.963 bits per heavy atom. The predicted molar refractivity (Wildman–Crippen MR) is 97.7 cm³/mol. The molecule has 2 rings (SSSR count). The Bertz CT molecular complexity index is 789. The molecule has 2 amide bonds. The Morgan fingerprint density at radius 3 is 2.26 bits per heavy atom. The van der Waals surface area contributed by atoms with Gasteiger partial charge < -0.3 is 14.2 Å². The van der Waals surface area contributed by atoms with Gasteiger partial charge in [0, 0.05) is 5.02 Å². The number of carbonyl (C=O) groups is 3. The Labute approximate surface area is 161 Å². The van der Waals surface area contributed by atoms with Crippen molar-refractivity contribution in [1.29, 1.82) is 0 Å². The number of nitrogens with one attached hydrogen (secondary N) is 1. The second kappa shape index (κ2) is 10.2. The van der Waals surface area contributed by atoms with Crippen LogP contribution in [0.15, 0.2) is 48.5 Å². The topological polar surface area (TPSA) is 90.9 Å². The molecule has 0 aliphatic rings. The number of amides is 2. The first-order valence-electron chi connectivity index (χ1n) is 8.09. The summed E-state index contributed by atoms with van der Waals surface area (Å²) >= 11 is 5.81. The van der Waals surface area contributed by atoms with E-state index in [-0.39, 0.29) is 12.2 Å². The molecule has 7 nitrogen and oxygen atoms in total. The summed E-state index contributed by atoms with van der Waals surface area (Å²) in [5.74, 6) is -0.774. The first-order chi connectivity index (χ1) is 13.0. The largest absolute Gasteiger partial charge is 0.489 e. The van der Waals surface area contributed by atoms with Gasteiger partial charge in [-0.05, 0) is 48.9 Å². The first kappa shape index (κ1) is 20.3. The van der Waals surface area contributed by atoms with E-state index in [1.807, 2.05) is 5.32 Å². The van der Waals surface area contributed by atoms with Gasteiger partial charge in [0.1, 0.15) is 12.4 Å². The lowest BCUT2D eigenvalue weighted by atomic mass is 10.1. The van der Waals surface area contributed by atoms with Gasteiger partial charge in [0.2, 0.25) is 0 Å². The van der Waals surface area contributed by atoms with Crippen molar-refractivity contribution in [2.24, 2.45) is 0 Å². The van der Waals surface area contributed by atoms with E-state index in [4.69, 9.17) is 21.1 Å². The molecule has 0 aliphatic carbocycles. The third kappa shape index (κ3) is 6.99. The molecule has 0 aliphatic heterocycles. The van der Waals surface area contributed by atoms with E-state index in [1.165, 1.54) is 0 Å². The van der Waals surface area contributed by atoms with Crippen molar-refractivity contribution in [1.82, 2.24) is 5.32 Å². The number of hydrogen-bond donors (Lipinski definition) is 1. The van der Waals surface area contributed by atoms with Crippen molar-refractivity contribution in [3.8, 4) is 5.75 Å². The number of alkyl carbamates (subject to hydrolysis) is 1. The van der Waals surface area contributed by atoms with Crippen molar-refractivity contribution in [2.75, 3.05) is 13.2 Å². The second-order valence-corrected chi connectivity index (χ2v) is 5.72. The number of hydrogen-bond acceptors (Lipinski definition) is 6. The van der Waals surface area contributed by atoms with E-state index in [9.17, 15) is 14.4 Å². The molecule has 27 heavy (non-hydrogen) atoms. The maximum atomic E-state index is 11.9. The van der Waals surface area contributed by atoms with Crippen LogP contribution < -0.4 is 10.1 Å². The summed E-state index contributed by atoms with van der Waals surface area (Å²) < 4.78 is 15.0. The van der Waals surface area contributed by atoms with Crippen LogP contribution in [-0.4, -0.2) is 31.2 Å². The Kier molecular flexibility index (Phi) is 7.63. The molecule has 0 radical (unpaired) electrons. The molecule has 0 spiro atoms. The van der Waals surface area contributed by atoms with Gasteiger partial charge in [-0.1, -0.05) is 23.7 Å². The van der Waals surface area contributed by atoms with E-state index in [2.05, 4.69) is 4.74 Å². The molecule has 0 unspecified atom stereocenters.